The fraction of sp³-hybridized carbons (Fsp3) is 0.278. The van der Waals surface area contributed by atoms with E-state index in [4.69, 9.17) is 0 Å². The van der Waals surface area contributed by atoms with Crippen molar-refractivity contribution < 1.29 is 19.1 Å². The van der Waals surface area contributed by atoms with Crippen molar-refractivity contribution in [3.63, 3.8) is 0 Å². The molecule has 0 aliphatic heterocycles. The van der Waals surface area contributed by atoms with E-state index in [1.165, 1.54) is 13.2 Å². The Hall–Kier alpha value is -2.47. The SMILES string of the molecule is COC(=O)c1cccc(NC(=O)CCC(=O)c2cc(C)sc2C)c1. The van der Waals surface area contributed by atoms with Crippen molar-refractivity contribution in [2.45, 2.75) is 26.7 Å². The molecule has 0 unspecified atom stereocenters. The summed E-state index contributed by atoms with van der Waals surface area (Å²) in [6, 6.07) is 8.34. The van der Waals surface area contributed by atoms with E-state index < -0.39 is 5.97 Å². The third-order valence-electron chi connectivity index (χ3n) is 3.49. The fourth-order valence-electron chi connectivity index (χ4n) is 2.33. The molecule has 0 spiro atoms. The smallest absolute Gasteiger partial charge is 0.337 e. The monoisotopic (exact) mass is 345 g/mol. The number of benzene rings is 1. The van der Waals surface area contributed by atoms with Crippen LogP contribution in [-0.4, -0.2) is 24.8 Å². The zero-order valence-electron chi connectivity index (χ0n) is 13.8. The van der Waals surface area contributed by atoms with E-state index in [0.717, 1.165) is 9.75 Å². The quantitative estimate of drug-likeness (QED) is 0.639. The number of carbonyl (C=O) groups excluding carboxylic acids is 3. The van der Waals surface area contributed by atoms with Crippen molar-refractivity contribution in [1.82, 2.24) is 0 Å². The van der Waals surface area contributed by atoms with Crippen molar-refractivity contribution in [2.75, 3.05) is 12.4 Å². The molecule has 1 aromatic heterocycles. The second-order valence-electron chi connectivity index (χ2n) is 5.37. The third-order valence-corrected chi connectivity index (χ3v) is 4.45. The number of methoxy groups -OCH3 is 1. The van der Waals surface area contributed by atoms with Crippen LogP contribution in [0, 0.1) is 13.8 Å². The molecule has 1 N–H and O–H groups in total. The van der Waals surface area contributed by atoms with Crippen LogP contribution in [0.3, 0.4) is 0 Å². The van der Waals surface area contributed by atoms with Crippen molar-refractivity contribution in [1.29, 1.82) is 0 Å². The summed E-state index contributed by atoms with van der Waals surface area (Å²) in [7, 11) is 1.30. The topological polar surface area (TPSA) is 72.5 Å². The highest BCUT2D eigenvalue weighted by molar-refractivity contribution is 7.12. The minimum atomic E-state index is -0.468. The summed E-state index contributed by atoms with van der Waals surface area (Å²) in [5.41, 5.74) is 1.55. The molecule has 0 radical (unpaired) electrons. The molecule has 0 fully saturated rings. The zero-order chi connectivity index (χ0) is 17.7. The molecule has 24 heavy (non-hydrogen) atoms. The lowest BCUT2D eigenvalue weighted by Gasteiger charge is -2.06. The van der Waals surface area contributed by atoms with Crippen LogP contribution in [0.25, 0.3) is 0 Å². The summed E-state index contributed by atoms with van der Waals surface area (Å²) >= 11 is 1.58. The van der Waals surface area contributed by atoms with E-state index in [1.54, 1.807) is 29.5 Å². The number of esters is 1. The van der Waals surface area contributed by atoms with Gasteiger partial charge in [0.25, 0.3) is 0 Å². The Morgan fingerprint density at radius 3 is 2.50 bits per heavy atom. The Morgan fingerprint density at radius 1 is 1.12 bits per heavy atom. The van der Waals surface area contributed by atoms with Gasteiger partial charge in [-0.25, -0.2) is 4.79 Å². The number of nitrogens with one attached hydrogen (secondary N) is 1. The molecule has 5 nitrogen and oxygen atoms in total. The van der Waals surface area contributed by atoms with Crippen LogP contribution in [0.15, 0.2) is 30.3 Å². The Morgan fingerprint density at radius 2 is 1.88 bits per heavy atom. The minimum Gasteiger partial charge on any atom is -0.465 e. The molecule has 2 rings (SSSR count). The number of ether oxygens (including phenoxy) is 1. The second kappa shape index (κ2) is 7.88. The van der Waals surface area contributed by atoms with Crippen molar-refractivity contribution in [3.8, 4) is 0 Å². The summed E-state index contributed by atoms with van der Waals surface area (Å²) in [6.07, 6.45) is 0.245. The highest BCUT2D eigenvalue weighted by Crippen LogP contribution is 2.22. The lowest BCUT2D eigenvalue weighted by atomic mass is 10.1. The number of anilines is 1. The minimum absolute atomic E-state index is 0.0321. The lowest BCUT2D eigenvalue weighted by Crippen LogP contribution is -2.14. The first-order chi connectivity index (χ1) is 11.4. The first kappa shape index (κ1) is 17.9. The van der Waals surface area contributed by atoms with Crippen LogP contribution in [0.2, 0.25) is 0 Å². The molecule has 1 heterocycles. The summed E-state index contributed by atoms with van der Waals surface area (Å²) in [5.74, 6) is -0.769. The van der Waals surface area contributed by atoms with Gasteiger partial charge in [-0.15, -0.1) is 11.3 Å². The van der Waals surface area contributed by atoms with E-state index >= 15 is 0 Å². The summed E-state index contributed by atoms with van der Waals surface area (Å²) in [4.78, 5) is 37.7. The van der Waals surface area contributed by atoms with Crippen LogP contribution < -0.4 is 5.32 Å². The molecule has 126 valence electrons. The van der Waals surface area contributed by atoms with Gasteiger partial charge in [0.05, 0.1) is 12.7 Å². The Bertz CT molecular complexity index is 779. The number of Topliss-reactive ketones (excluding diaryl/α,β-unsaturated/α-hetero) is 1. The predicted octanol–water partition coefficient (Wildman–Crippen LogP) is 3.75. The average Bonchev–Trinajstić information content (AvgIpc) is 2.90. The summed E-state index contributed by atoms with van der Waals surface area (Å²) < 4.78 is 4.64. The molecule has 6 heteroatoms. The van der Waals surface area contributed by atoms with E-state index in [1.807, 2.05) is 19.9 Å². The number of aryl methyl sites for hydroxylation is 2. The van der Waals surface area contributed by atoms with Crippen LogP contribution in [0.1, 0.15) is 43.3 Å². The maximum atomic E-state index is 12.2. The summed E-state index contributed by atoms with van der Waals surface area (Å²) in [5, 5.41) is 2.69. The summed E-state index contributed by atoms with van der Waals surface area (Å²) in [6.45, 7) is 3.86. The number of amides is 1. The molecule has 1 aromatic carbocycles. The largest absolute Gasteiger partial charge is 0.465 e. The molecule has 2 aromatic rings. The van der Waals surface area contributed by atoms with Crippen molar-refractivity contribution in [3.05, 3.63) is 51.2 Å². The molecule has 0 saturated heterocycles. The van der Waals surface area contributed by atoms with Gasteiger partial charge in [-0.3, -0.25) is 9.59 Å². The highest BCUT2D eigenvalue weighted by atomic mass is 32.1. The number of carbonyl (C=O) groups is 3. The van der Waals surface area contributed by atoms with Crippen molar-refractivity contribution in [2.24, 2.45) is 0 Å². The molecular weight excluding hydrogens is 326 g/mol. The standard InChI is InChI=1S/C18H19NO4S/c1-11-9-15(12(2)24-11)16(20)7-8-17(21)19-14-6-4-5-13(10-14)18(22)23-3/h4-6,9-10H,7-8H2,1-3H3,(H,19,21). The number of ketones is 1. The van der Waals surface area contributed by atoms with Gasteiger partial charge in [-0.1, -0.05) is 6.07 Å². The van der Waals surface area contributed by atoms with Gasteiger partial charge in [0, 0.05) is 33.8 Å². The van der Waals surface area contributed by atoms with Crippen LogP contribution >= 0.6 is 11.3 Å². The highest BCUT2D eigenvalue weighted by Gasteiger charge is 2.14. The molecule has 0 aliphatic carbocycles. The molecule has 0 saturated carbocycles. The van der Waals surface area contributed by atoms with Crippen LogP contribution in [0.5, 0.6) is 0 Å². The molecule has 0 atom stereocenters. The maximum absolute atomic E-state index is 12.2. The second-order valence-corrected chi connectivity index (χ2v) is 6.83. The zero-order valence-corrected chi connectivity index (χ0v) is 14.7. The van der Waals surface area contributed by atoms with Gasteiger partial charge in [0.2, 0.25) is 5.91 Å². The van der Waals surface area contributed by atoms with Crippen LogP contribution in [-0.2, 0) is 9.53 Å². The molecule has 0 aliphatic rings. The Kier molecular flexibility index (Phi) is 5.87. The van der Waals surface area contributed by atoms with Gasteiger partial charge in [-0.2, -0.15) is 0 Å². The molecule has 1 amide bonds. The third kappa shape index (κ3) is 4.52. The van der Waals surface area contributed by atoms with Gasteiger partial charge < -0.3 is 10.1 Å². The Balaban J connectivity index is 1.93. The van der Waals surface area contributed by atoms with E-state index in [-0.39, 0.29) is 24.5 Å². The Labute approximate surface area is 144 Å². The first-order valence-corrected chi connectivity index (χ1v) is 8.31. The maximum Gasteiger partial charge on any atom is 0.337 e. The predicted molar refractivity (Wildman–Crippen MR) is 93.8 cm³/mol. The average molecular weight is 345 g/mol. The fourth-order valence-corrected chi connectivity index (χ4v) is 3.28. The van der Waals surface area contributed by atoms with Crippen LogP contribution in [0.4, 0.5) is 5.69 Å². The lowest BCUT2D eigenvalue weighted by molar-refractivity contribution is -0.116. The van der Waals surface area contributed by atoms with Crippen molar-refractivity contribution >= 4 is 34.7 Å². The number of hydrogen-bond acceptors (Lipinski definition) is 5. The molecule has 0 bridgehead atoms. The number of rotatable bonds is 6. The van der Waals surface area contributed by atoms with E-state index in [2.05, 4.69) is 10.1 Å². The number of hydrogen-bond donors (Lipinski definition) is 1. The first-order valence-electron chi connectivity index (χ1n) is 7.49. The van der Waals surface area contributed by atoms with E-state index in [9.17, 15) is 14.4 Å². The van der Waals surface area contributed by atoms with E-state index in [0.29, 0.717) is 16.8 Å². The van der Waals surface area contributed by atoms with Gasteiger partial charge >= 0.3 is 5.97 Å². The normalized spacial score (nSPS) is 10.3. The van der Waals surface area contributed by atoms with Gasteiger partial charge in [-0.05, 0) is 38.1 Å². The van der Waals surface area contributed by atoms with Gasteiger partial charge in [0.15, 0.2) is 5.78 Å². The van der Waals surface area contributed by atoms with Gasteiger partial charge in [0.1, 0.15) is 0 Å². The number of thiophene rings is 1. The molecular formula is C18H19NO4S.